The minimum Gasteiger partial charge on any atom is -0.492 e. The van der Waals surface area contributed by atoms with Crippen LogP contribution in [0.5, 0.6) is 5.75 Å². The Morgan fingerprint density at radius 2 is 1.63 bits per heavy atom. The Kier molecular flexibility index (Phi) is 14.8. The van der Waals surface area contributed by atoms with Crippen molar-refractivity contribution in [3.63, 3.8) is 0 Å². The molecule has 308 valence electrons. The van der Waals surface area contributed by atoms with E-state index >= 15 is 0 Å². The van der Waals surface area contributed by atoms with Gasteiger partial charge in [-0.15, -0.1) is 0 Å². The zero-order valence-electron chi connectivity index (χ0n) is 33.8. The Balaban J connectivity index is 1.12. The highest BCUT2D eigenvalue weighted by molar-refractivity contribution is 5.84. The van der Waals surface area contributed by atoms with Crippen LogP contribution in [-0.4, -0.2) is 132 Å². The van der Waals surface area contributed by atoms with Crippen LogP contribution < -0.4 is 15.4 Å². The smallest absolute Gasteiger partial charge is 0.239 e. The second-order valence-corrected chi connectivity index (χ2v) is 16.8. The summed E-state index contributed by atoms with van der Waals surface area (Å²) in [5.41, 5.74) is 3.43. The minimum atomic E-state index is -0.949. The van der Waals surface area contributed by atoms with Crippen LogP contribution >= 0.6 is 0 Å². The minimum absolute atomic E-state index is 0.00598. The Morgan fingerprint density at radius 3 is 2.37 bits per heavy atom. The lowest BCUT2D eigenvalue weighted by Crippen LogP contribution is -2.62. The highest BCUT2D eigenvalue weighted by Gasteiger charge is 2.38. The van der Waals surface area contributed by atoms with Gasteiger partial charge in [-0.25, -0.2) is 0 Å². The number of fused-ring (bicyclic) bond motifs is 1. The van der Waals surface area contributed by atoms with Gasteiger partial charge in [0.25, 0.3) is 0 Å². The molecule has 0 saturated carbocycles. The summed E-state index contributed by atoms with van der Waals surface area (Å²) in [7, 11) is 0. The molecule has 3 aliphatic rings. The number of piperazine rings is 1. The largest absolute Gasteiger partial charge is 0.492 e. The number of nitrogens with one attached hydrogen (secondary N) is 2. The predicted molar refractivity (Wildman–Crippen MR) is 219 cm³/mol. The standard InChI is InChI=1S/C45H61N5O7/c1-45(2,3)47-44(55)39-31-50(41(53)18-15-32-9-5-4-6-10-32)20-19-49(39)30-36(51)28-35(43(54)46-42-38-12-8-7-11-34(38)29-40(42)52)27-33-13-16-37(17-14-33)57-26-23-48-21-24-56-25-22-48/h4-14,16-17,35-36,39-40,42,51-52H,15,18-31H2,1-3H3,(H,46,54)(H,47,55)/t35-,36-,39-,40+,42-/m0/s1. The third-order valence-corrected chi connectivity index (χ3v) is 11.2. The van der Waals surface area contributed by atoms with Gasteiger partial charge in [0, 0.05) is 70.1 Å². The van der Waals surface area contributed by atoms with Crippen molar-refractivity contribution in [2.24, 2.45) is 5.92 Å². The van der Waals surface area contributed by atoms with E-state index in [0.29, 0.717) is 45.4 Å². The Hall–Kier alpha value is -4.33. The van der Waals surface area contributed by atoms with E-state index in [-0.39, 0.29) is 37.2 Å². The van der Waals surface area contributed by atoms with Crippen LogP contribution in [0.15, 0.2) is 78.9 Å². The number of rotatable bonds is 16. The summed E-state index contributed by atoms with van der Waals surface area (Å²) in [6.45, 7) is 11.6. The first-order valence-corrected chi connectivity index (χ1v) is 20.6. The molecule has 0 spiro atoms. The Morgan fingerprint density at radius 1 is 0.912 bits per heavy atom. The lowest BCUT2D eigenvalue weighted by molar-refractivity contribution is -0.139. The van der Waals surface area contributed by atoms with E-state index in [1.807, 2.05) is 105 Å². The van der Waals surface area contributed by atoms with Gasteiger partial charge in [-0.2, -0.15) is 0 Å². The molecule has 57 heavy (non-hydrogen) atoms. The van der Waals surface area contributed by atoms with E-state index < -0.39 is 35.7 Å². The monoisotopic (exact) mass is 783 g/mol. The third-order valence-electron chi connectivity index (χ3n) is 11.2. The molecule has 6 rings (SSSR count). The average Bonchev–Trinajstić information content (AvgIpc) is 3.51. The SMILES string of the molecule is CC(C)(C)NC(=O)[C@@H]1CN(C(=O)CCc2ccccc2)CCN1C[C@@H](O)C[C@H](Cc1ccc(OCCN2CCOCC2)cc1)C(=O)N[C@H]1c2ccccc2C[C@H]1O. The average molecular weight is 784 g/mol. The van der Waals surface area contributed by atoms with Crippen LogP contribution in [0.25, 0.3) is 0 Å². The number of β-amino-alcohol motifs (C(OH)–C–C–N with tert-alkyl or cyclic N) is 1. The van der Waals surface area contributed by atoms with Crippen molar-refractivity contribution in [3.05, 3.63) is 101 Å². The Labute approximate surface area is 337 Å². The van der Waals surface area contributed by atoms with Gasteiger partial charge in [-0.3, -0.25) is 24.2 Å². The van der Waals surface area contributed by atoms with E-state index in [4.69, 9.17) is 9.47 Å². The molecule has 5 atom stereocenters. The summed E-state index contributed by atoms with van der Waals surface area (Å²) < 4.78 is 11.5. The fourth-order valence-electron chi connectivity index (χ4n) is 8.12. The van der Waals surface area contributed by atoms with Crippen molar-refractivity contribution in [1.29, 1.82) is 0 Å². The molecule has 2 aliphatic heterocycles. The molecular weight excluding hydrogens is 723 g/mol. The molecule has 0 bridgehead atoms. The van der Waals surface area contributed by atoms with Crippen molar-refractivity contribution in [1.82, 2.24) is 25.3 Å². The molecule has 0 aromatic heterocycles. The number of benzene rings is 3. The molecule has 0 radical (unpaired) electrons. The fourth-order valence-corrected chi connectivity index (χ4v) is 8.12. The molecule has 2 saturated heterocycles. The summed E-state index contributed by atoms with van der Waals surface area (Å²) in [5.74, 6) is -0.345. The molecule has 3 amide bonds. The summed E-state index contributed by atoms with van der Waals surface area (Å²) in [6, 6.07) is 24.2. The molecule has 12 nitrogen and oxygen atoms in total. The number of aliphatic hydroxyl groups is 2. The number of ether oxygens (including phenoxy) is 2. The second kappa shape index (κ2) is 19.9. The quantitative estimate of drug-likeness (QED) is 0.172. The van der Waals surface area contributed by atoms with E-state index in [0.717, 1.165) is 60.9 Å². The third kappa shape index (κ3) is 12.3. The highest BCUT2D eigenvalue weighted by atomic mass is 16.5. The van der Waals surface area contributed by atoms with Crippen molar-refractivity contribution >= 4 is 17.7 Å². The van der Waals surface area contributed by atoms with Crippen molar-refractivity contribution in [2.75, 3.05) is 65.6 Å². The fraction of sp³-hybridized carbons (Fsp3) is 0.533. The van der Waals surface area contributed by atoms with Crippen molar-refractivity contribution < 1.29 is 34.1 Å². The van der Waals surface area contributed by atoms with Crippen LogP contribution in [0, 0.1) is 5.92 Å². The van der Waals surface area contributed by atoms with Crippen LogP contribution in [-0.2, 0) is 38.4 Å². The summed E-state index contributed by atoms with van der Waals surface area (Å²) in [5, 5.41) is 28.9. The van der Waals surface area contributed by atoms with Gasteiger partial charge >= 0.3 is 0 Å². The van der Waals surface area contributed by atoms with Gasteiger partial charge < -0.3 is 35.2 Å². The zero-order valence-corrected chi connectivity index (χ0v) is 33.8. The lowest BCUT2D eigenvalue weighted by Gasteiger charge is -2.42. The van der Waals surface area contributed by atoms with Gasteiger partial charge in [0.15, 0.2) is 0 Å². The van der Waals surface area contributed by atoms with Crippen LogP contribution in [0.1, 0.15) is 61.9 Å². The number of carbonyl (C=O) groups is 3. The Bertz CT molecular complexity index is 1760. The molecule has 4 N–H and O–H groups in total. The highest BCUT2D eigenvalue weighted by Crippen LogP contribution is 2.32. The molecular formula is C45H61N5O7. The van der Waals surface area contributed by atoms with Crippen molar-refractivity contribution in [3.8, 4) is 5.75 Å². The lowest BCUT2D eigenvalue weighted by atomic mass is 9.91. The number of aliphatic hydroxyl groups excluding tert-OH is 2. The summed E-state index contributed by atoms with van der Waals surface area (Å²) >= 11 is 0. The van der Waals surface area contributed by atoms with Gasteiger partial charge in [0.2, 0.25) is 17.7 Å². The topological polar surface area (TPSA) is 144 Å². The van der Waals surface area contributed by atoms with E-state index in [2.05, 4.69) is 15.5 Å². The summed E-state index contributed by atoms with van der Waals surface area (Å²) in [4.78, 5) is 47.3. The number of aryl methyl sites for hydroxylation is 1. The van der Waals surface area contributed by atoms with Gasteiger partial charge in [-0.1, -0.05) is 66.7 Å². The van der Waals surface area contributed by atoms with Gasteiger partial charge in [0.1, 0.15) is 18.4 Å². The maximum absolute atomic E-state index is 14.2. The van der Waals surface area contributed by atoms with Crippen LogP contribution in [0.3, 0.4) is 0 Å². The zero-order chi connectivity index (χ0) is 40.4. The van der Waals surface area contributed by atoms with E-state index in [1.54, 1.807) is 4.90 Å². The molecule has 3 aromatic rings. The number of carbonyl (C=O) groups excluding carboxylic acids is 3. The van der Waals surface area contributed by atoms with Crippen LogP contribution in [0.4, 0.5) is 0 Å². The number of hydrogen-bond donors (Lipinski definition) is 4. The number of hydrogen-bond acceptors (Lipinski definition) is 9. The second-order valence-electron chi connectivity index (χ2n) is 16.8. The number of amides is 3. The first-order chi connectivity index (χ1) is 27.4. The molecule has 12 heteroatoms. The summed E-state index contributed by atoms with van der Waals surface area (Å²) in [6.07, 6.45) is 0.222. The molecule has 1 aliphatic carbocycles. The first kappa shape index (κ1) is 42.3. The molecule has 0 unspecified atom stereocenters. The number of nitrogens with zero attached hydrogens (tertiary/aromatic N) is 3. The maximum atomic E-state index is 14.2. The molecule has 2 fully saturated rings. The maximum Gasteiger partial charge on any atom is 0.239 e. The number of morpholine rings is 1. The first-order valence-electron chi connectivity index (χ1n) is 20.6. The van der Waals surface area contributed by atoms with E-state index in [1.165, 1.54) is 0 Å². The van der Waals surface area contributed by atoms with Gasteiger partial charge in [0.05, 0.1) is 31.5 Å². The van der Waals surface area contributed by atoms with E-state index in [9.17, 15) is 24.6 Å². The molecule has 2 heterocycles. The predicted octanol–water partition coefficient (Wildman–Crippen LogP) is 3.14. The van der Waals surface area contributed by atoms with Crippen molar-refractivity contribution in [2.45, 2.75) is 82.7 Å². The normalized spacial score (nSPS) is 21.4. The van der Waals surface area contributed by atoms with Crippen LogP contribution in [0.2, 0.25) is 0 Å². The molecule has 3 aromatic carbocycles. The van der Waals surface area contributed by atoms with Gasteiger partial charge in [-0.05, 0) is 74.4 Å².